The van der Waals surface area contributed by atoms with Gasteiger partial charge >= 0.3 is 0 Å². The molecule has 0 unspecified atom stereocenters. The second-order valence-corrected chi connectivity index (χ2v) is 5.69. The lowest BCUT2D eigenvalue weighted by Gasteiger charge is -2.21. The van der Waals surface area contributed by atoms with Crippen molar-refractivity contribution in [3.05, 3.63) is 59.4 Å². The van der Waals surface area contributed by atoms with E-state index in [1.165, 1.54) is 5.56 Å². The maximum atomic E-state index is 12.5. The van der Waals surface area contributed by atoms with Crippen LogP contribution in [0.3, 0.4) is 0 Å². The Hall–Kier alpha value is -2.36. The summed E-state index contributed by atoms with van der Waals surface area (Å²) in [6, 6.07) is 11.7. The summed E-state index contributed by atoms with van der Waals surface area (Å²) in [6.07, 6.45) is 1.56. The monoisotopic (exact) mass is 297 g/mol. The Bertz CT molecular complexity index is 635. The second kappa shape index (κ2) is 7.07. The van der Waals surface area contributed by atoms with Crippen LogP contribution in [0.1, 0.15) is 48.3 Å². The summed E-state index contributed by atoms with van der Waals surface area (Å²) in [5, 5.41) is 0. The van der Waals surface area contributed by atoms with Crippen LogP contribution in [0.4, 0.5) is 5.69 Å². The summed E-state index contributed by atoms with van der Waals surface area (Å²) < 4.78 is 0. The Labute approximate surface area is 132 Å². The van der Waals surface area contributed by atoms with E-state index in [1.807, 2.05) is 6.92 Å². The number of carbonyl (C=O) groups is 1. The zero-order valence-corrected chi connectivity index (χ0v) is 13.4. The van der Waals surface area contributed by atoms with Crippen LogP contribution in [-0.2, 0) is 6.54 Å². The quantitative estimate of drug-likeness (QED) is 0.919. The topological polar surface area (TPSA) is 59.2 Å². The number of nitrogens with two attached hydrogens (primary N) is 1. The van der Waals surface area contributed by atoms with E-state index in [0.717, 1.165) is 5.56 Å². The van der Waals surface area contributed by atoms with Gasteiger partial charge in [0.05, 0.1) is 0 Å². The van der Waals surface area contributed by atoms with Crippen molar-refractivity contribution < 1.29 is 4.79 Å². The Morgan fingerprint density at radius 1 is 1.23 bits per heavy atom. The highest BCUT2D eigenvalue weighted by Gasteiger charge is 2.16. The molecule has 1 aromatic carbocycles. The van der Waals surface area contributed by atoms with E-state index in [0.29, 0.717) is 30.4 Å². The molecule has 0 fully saturated rings. The van der Waals surface area contributed by atoms with Gasteiger partial charge in [-0.05, 0) is 36.1 Å². The van der Waals surface area contributed by atoms with Gasteiger partial charge in [0.25, 0.3) is 5.91 Å². The second-order valence-electron chi connectivity index (χ2n) is 5.69. The first-order chi connectivity index (χ1) is 10.5. The van der Waals surface area contributed by atoms with Crippen LogP contribution >= 0.6 is 0 Å². The molecule has 1 heterocycles. The molecule has 4 heteroatoms. The molecule has 0 bridgehead atoms. The predicted molar refractivity (Wildman–Crippen MR) is 89.6 cm³/mol. The van der Waals surface area contributed by atoms with Gasteiger partial charge < -0.3 is 10.6 Å². The van der Waals surface area contributed by atoms with Gasteiger partial charge in [0, 0.05) is 25.0 Å². The summed E-state index contributed by atoms with van der Waals surface area (Å²) >= 11 is 0. The van der Waals surface area contributed by atoms with E-state index in [9.17, 15) is 4.79 Å². The first-order valence-electron chi connectivity index (χ1n) is 7.61. The van der Waals surface area contributed by atoms with Crippen LogP contribution < -0.4 is 5.73 Å². The number of amides is 1. The molecule has 116 valence electrons. The van der Waals surface area contributed by atoms with Gasteiger partial charge in [0.15, 0.2) is 0 Å². The number of anilines is 1. The number of nitrogens with zero attached hydrogens (tertiary/aromatic N) is 2. The molecule has 1 amide bonds. The fourth-order valence-electron chi connectivity index (χ4n) is 2.28. The van der Waals surface area contributed by atoms with Crippen molar-refractivity contribution in [2.75, 3.05) is 12.3 Å². The lowest BCUT2D eigenvalue weighted by atomic mass is 10.0. The molecule has 0 aliphatic carbocycles. The number of hydrogen-bond donors (Lipinski definition) is 1. The van der Waals surface area contributed by atoms with Crippen molar-refractivity contribution in [1.29, 1.82) is 0 Å². The van der Waals surface area contributed by atoms with Crippen molar-refractivity contribution in [3.63, 3.8) is 0 Å². The minimum Gasteiger partial charge on any atom is -0.399 e. The molecule has 2 aromatic rings. The minimum absolute atomic E-state index is 0.0947. The van der Waals surface area contributed by atoms with Crippen molar-refractivity contribution in [3.8, 4) is 0 Å². The third-order valence-corrected chi connectivity index (χ3v) is 3.69. The number of rotatable bonds is 5. The third kappa shape index (κ3) is 3.85. The highest BCUT2D eigenvalue weighted by Crippen LogP contribution is 2.16. The molecule has 2 N–H and O–H groups in total. The van der Waals surface area contributed by atoms with E-state index in [1.54, 1.807) is 23.2 Å². The molecule has 0 radical (unpaired) electrons. The highest BCUT2D eigenvalue weighted by atomic mass is 16.2. The molecule has 22 heavy (non-hydrogen) atoms. The maximum Gasteiger partial charge on any atom is 0.272 e. The SMILES string of the molecule is CCN(Cc1ccc(C(C)C)cc1)C(=O)c1cc(N)ccn1. The third-order valence-electron chi connectivity index (χ3n) is 3.69. The van der Waals surface area contributed by atoms with Crippen LogP contribution in [0.2, 0.25) is 0 Å². The smallest absolute Gasteiger partial charge is 0.272 e. The summed E-state index contributed by atoms with van der Waals surface area (Å²) in [4.78, 5) is 18.4. The van der Waals surface area contributed by atoms with E-state index < -0.39 is 0 Å². The molecule has 0 atom stereocenters. The zero-order valence-electron chi connectivity index (χ0n) is 13.4. The first kappa shape index (κ1) is 16.0. The first-order valence-corrected chi connectivity index (χ1v) is 7.61. The Morgan fingerprint density at radius 3 is 2.45 bits per heavy atom. The molecule has 0 spiro atoms. The van der Waals surface area contributed by atoms with E-state index >= 15 is 0 Å². The van der Waals surface area contributed by atoms with Gasteiger partial charge in [-0.25, -0.2) is 0 Å². The largest absolute Gasteiger partial charge is 0.399 e. The van der Waals surface area contributed by atoms with Crippen LogP contribution in [0.5, 0.6) is 0 Å². The van der Waals surface area contributed by atoms with Crippen molar-refractivity contribution in [1.82, 2.24) is 9.88 Å². The van der Waals surface area contributed by atoms with Gasteiger partial charge in [-0.3, -0.25) is 9.78 Å². The van der Waals surface area contributed by atoms with Crippen LogP contribution in [0, 0.1) is 0 Å². The van der Waals surface area contributed by atoms with Crippen LogP contribution in [0.25, 0.3) is 0 Å². The highest BCUT2D eigenvalue weighted by molar-refractivity contribution is 5.93. The fourth-order valence-corrected chi connectivity index (χ4v) is 2.28. The summed E-state index contributed by atoms with van der Waals surface area (Å²) in [5.41, 5.74) is 9.08. The number of benzene rings is 1. The average Bonchev–Trinajstić information content (AvgIpc) is 2.52. The number of hydrogen-bond acceptors (Lipinski definition) is 3. The molecule has 0 saturated heterocycles. The Kier molecular flexibility index (Phi) is 5.15. The summed E-state index contributed by atoms with van der Waals surface area (Å²) in [6.45, 7) is 7.50. The van der Waals surface area contributed by atoms with Crippen molar-refractivity contribution in [2.24, 2.45) is 0 Å². The van der Waals surface area contributed by atoms with Crippen LogP contribution in [0.15, 0.2) is 42.6 Å². The molecular formula is C18H23N3O. The number of nitrogen functional groups attached to an aromatic ring is 1. The van der Waals surface area contributed by atoms with Gasteiger partial charge in [-0.1, -0.05) is 38.1 Å². The Morgan fingerprint density at radius 2 is 1.91 bits per heavy atom. The van der Waals surface area contributed by atoms with Crippen molar-refractivity contribution >= 4 is 11.6 Å². The number of carbonyl (C=O) groups excluding carboxylic acids is 1. The fraction of sp³-hybridized carbons (Fsp3) is 0.333. The van der Waals surface area contributed by atoms with Crippen LogP contribution in [-0.4, -0.2) is 22.3 Å². The van der Waals surface area contributed by atoms with Crippen molar-refractivity contribution in [2.45, 2.75) is 33.2 Å². The maximum absolute atomic E-state index is 12.5. The lowest BCUT2D eigenvalue weighted by molar-refractivity contribution is 0.0746. The normalized spacial score (nSPS) is 10.7. The van der Waals surface area contributed by atoms with Gasteiger partial charge in [-0.2, -0.15) is 0 Å². The van der Waals surface area contributed by atoms with Gasteiger partial charge in [-0.15, -0.1) is 0 Å². The lowest BCUT2D eigenvalue weighted by Crippen LogP contribution is -2.31. The van der Waals surface area contributed by atoms with Gasteiger partial charge in [0.1, 0.15) is 5.69 Å². The zero-order chi connectivity index (χ0) is 16.1. The molecule has 0 saturated carbocycles. The summed E-state index contributed by atoms with van der Waals surface area (Å²) in [7, 11) is 0. The number of aromatic nitrogens is 1. The van der Waals surface area contributed by atoms with E-state index in [-0.39, 0.29) is 5.91 Å². The predicted octanol–water partition coefficient (Wildman–Crippen LogP) is 3.45. The standard InChI is InChI=1S/C18H23N3O/c1-4-21(18(22)17-11-16(19)9-10-20-17)12-14-5-7-15(8-6-14)13(2)3/h5-11,13H,4,12H2,1-3H3,(H2,19,20). The molecule has 4 nitrogen and oxygen atoms in total. The minimum atomic E-state index is -0.0947. The van der Waals surface area contributed by atoms with E-state index in [2.05, 4.69) is 43.1 Å². The molecule has 2 rings (SSSR count). The molecular weight excluding hydrogens is 274 g/mol. The average molecular weight is 297 g/mol. The molecule has 0 aliphatic heterocycles. The number of pyridine rings is 1. The molecule has 0 aliphatic rings. The molecule has 1 aromatic heterocycles. The van der Waals surface area contributed by atoms with E-state index in [4.69, 9.17) is 5.73 Å². The Balaban J connectivity index is 2.13. The van der Waals surface area contributed by atoms with Gasteiger partial charge in [0.2, 0.25) is 0 Å². The summed E-state index contributed by atoms with van der Waals surface area (Å²) in [5.74, 6) is 0.414.